The van der Waals surface area contributed by atoms with E-state index in [9.17, 15) is 9.59 Å². The molecular formula is C20H30N4O2. The zero-order chi connectivity index (χ0) is 18.4. The van der Waals surface area contributed by atoms with Gasteiger partial charge in [-0.15, -0.1) is 0 Å². The fourth-order valence-electron chi connectivity index (χ4n) is 5.84. The molecule has 5 rings (SSSR count). The van der Waals surface area contributed by atoms with Crippen LogP contribution in [-0.2, 0) is 7.05 Å². The minimum atomic E-state index is -0.112. The van der Waals surface area contributed by atoms with E-state index in [1.165, 1.54) is 32.1 Å². The fraction of sp³-hybridized carbons (Fsp3) is 0.750. The monoisotopic (exact) mass is 358 g/mol. The SMILES string of the molecule is CCN(CC)C(=O)c1cc(C(=O)NC2C3CC4CC(C3)CC2C4)n(C)n1. The van der Waals surface area contributed by atoms with Crippen LogP contribution in [0.2, 0.25) is 0 Å². The Morgan fingerprint density at radius 3 is 2.23 bits per heavy atom. The van der Waals surface area contributed by atoms with E-state index in [4.69, 9.17) is 0 Å². The van der Waals surface area contributed by atoms with E-state index >= 15 is 0 Å². The Hall–Kier alpha value is -1.85. The lowest BCUT2D eigenvalue weighted by molar-refractivity contribution is -0.0120. The lowest BCUT2D eigenvalue weighted by Gasteiger charge is -2.54. The molecule has 0 aliphatic heterocycles. The van der Waals surface area contributed by atoms with Crippen molar-refractivity contribution < 1.29 is 9.59 Å². The molecule has 1 aromatic rings. The summed E-state index contributed by atoms with van der Waals surface area (Å²) in [6.45, 7) is 5.18. The molecule has 4 bridgehead atoms. The van der Waals surface area contributed by atoms with Crippen LogP contribution in [0.25, 0.3) is 0 Å². The van der Waals surface area contributed by atoms with Crippen molar-refractivity contribution in [3.8, 4) is 0 Å². The number of aryl methyl sites for hydroxylation is 1. The van der Waals surface area contributed by atoms with Crippen molar-refractivity contribution in [3.63, 3.8) is 0 Å². The second kappa shape index (κ2) is 6.71. The van der Waals surface area contributed by atoms with Gasteiger partial charge in [-0.3, -0.25) is 14.3 Å². The number of carbonyl (C=O) groups is 2. The van der Waals surface area contributed by atoms with Crippen molar-refractivity contribution in [3.05, 3.63) is 17.5 Å². The lowest BCUT2D eigenvalue weighted by atomic mass is 9.54. The van der Waals surface area contributed by atoms with Gasteiger partial charge in [0, 0.05) is 32.2 Å². The third-order valence-corrected chi connectivity index (χ3v) is 6.91. The van der Waals surface area contributed by atoms with E-state index in [0.29, 0.717) is 42.4 Å². The molecule has 142 valence electrons. The first kappa shape index (κ1) is 17.6. The number of hydrogen-bond acceptors (Lipinski definition) is 3. The van der Waals surface area contributed by atoms with Gasteiger partial charge in [-0.2, -0.15) is 5.10 Å². The molecule has 0 spiro atoms. The van der Waals surface area contributed by atoms with Crippen LogP contribution < -0.4 is 5.32 Å². The molecule has 0 atom stereocenters. The third kappa shape index (κ3) is 2.93. The molecule has 2 amide bonds. The molecule has 0 unspecified atom stereocenters. The lowest BCUT2D eigenvalue weighted by Crippen LogP contribution is -2.56. The van der Waals surface area contributed by atoms with Gasteiger partial charge in [0.1, 0.15) is 5.69 Å². The molecular weight excluding hydrogens is 328 g/mol. The summed E-state index contributed by atoms with van der Waals surface area (Å²) in [6.07, 6.45) is 6.50. The highest BCUT2D eigenvalue weighted by atomic mass is 16.2. The average molecular weight is 358 g/mol. The summed E-state index contributed by atoms with van der Waals surface area (Å²) in [5.41, 5.74) is 0.834. The van der Waals surface area contributed by atoms with Crippen LogP contribution in [0.3, 0.4) is 0 Å². The summed E-state index contributed by atoms with van der Waals surface area (Å²) in [4.78, 5) is 27.1. The van der Waals surface area contributed by atoms with Gasteiger partial charge in [0.05, 0.1) is 0 Å². The van der Waals surface area contributed by atoms with Crippen molar-refractivity contribution in [1.82, 2.24) is 20.0 Å². The van der Waals surface area contributed by atoms with E-state index in [1.54, 1.807) is 22.7 Å². The van der Waals surface area contributed by atoms with Crippen LogP contribution in [0.5, 0.6) is 0 Å². The molecule has 4 aliphatic carbocycles. The molecule has 0 aromatic carbocycles. The van der Waals surface area contributed by atoms with Crippen molar-refractivity contribution >= 4 is 11.8 Å². The summed E-state index contributed by atoms with van der Waals surface area (Å²) >= 11 is 0. The maximum atomic E-state index is 12.9. The molecule has 0 radical (unpaired) electrons. The summed E-state index contributed by atoms with van der Waals surface area (Å²) in [5.74, 6) is 2.86. The van der Waals surface area contributed by atoms with Gasteiger partial charge in [0.25, 0.3) is 11.8 Å². The van der Waals surface area contributed by atoms with Crippen LogP contribution >= 0.6 is 0 Å². The number of nitrogens with zero attached hydrogens (tertiary/aromatic N) is 3. The maximum absolute atomic E-state index is 12.9. The van der Waals surface area contributed by atoms with Crippen molar-refractivity contribution in [1.29, 1.82) is 0 Å². The van der Waals surface area contributed by atoms with Gasteiger partial charge in [-0.05, 0) is 69.6 Å². The fourth-order valence-corrected chi connectivity index (χ4v) is 5.84. The Balaban J connectivity index is 1.48. The predicted octanol–water partition coefficient (Wildman–Crippen LogP) is 2.46. The minimum absolute atomic E-state index is 0.0870. The molecule has 1 heterocycles. The minimum Gasteiger partial charge on any atom is -0.347 e. The molecule has 6 nitrogen and oxygen atoms in total. The Morgan fingerprint density at radius 2 is 1.69 bits per heavy atom. The van der Waals surface area contributed by atoms with E-state index in [0.717, 1.165) is 11.8 Å². The van der Waals surface area contributed by atoms with Crippen LogP contribution in [0, 0.1) is 23.7 Å². The number of hydrogen-bond donors (Lipinski definition) is 1. The van der Waals surface area contributed by atoms with Crippen LogP contribution in [-0.4, -0.2) is 45.6 Å². The molecule has 4 saturated carbocycles. The van der Waals surface area contributed by atoms with Crippen molar-refractivity contribution in [2.24, 2.45) is 30.7 Å². The average Bonchev–Trinajstić information content (AvgIpc) is 3.00. The normalized spacial score (nSPS) is 31.9. The molecule has 6 heteroatoms. The Bertz CT molecular complexity index is 679. The molecule has 26 heavy (non-hydrogen) atoms. The molecule has 4 aliphatic rings. The van der Waals surface area contributed by atoms with Gasteiger partial charge in [-0.25, -0.2) is 0 Å². The molecule has 4 fully saturated rings. The number of nitrogens with one attached hydrogen (secondary N) is 1. The van der Waals surface area contributed by atoms with E-state index in [2.05, 4.69) is 10.4 Å². The van der Waals surface area contributed by atoms with E-state index < -0.39 is 0 Å². The zero-order valence-corrected chi connectivity index (χ0v) is 16.1. The van der Waals surface area contributed by atoms with E-state index in [1.807, 2.05) is 13.8 Å². The standard InChI is InChI=1S/C20H30N4O2/c1-4-24(5-2)20(26)16-11-17(23(3)22-16)19(25)21-18-14-7-12-6-13(9-14)10-15(18)8-12/h11-15,18H,4-10H2,1-3H3,(H,21,25). The highest BCUT2D eigenvalue weighted by Crippen LogP contribution is 2.53. The van der Waals surface area contributed by atoms with Gasteiger partial charge in [-0.1, -0.05) is 0 Å². The summed E-state index contributed by atoms with van der Waals surface area (Å²) in [6, 6.07) is 1.94. The third-order valence-electron chi connectivity index (χ3n) is 6.91. The first-order chi connectivity index (χ1) is 12.5. The second-order valence-electron chi connectivity index (χ2n) is 8.45. The topological polar surface area (TPSA) is 67.2 Å². The van der Waals surface area contributed by atoms with Crippen molar-refractivity contribution in [2.75, 3.05) is 13.1 Å². The van der Waals surface area contributed by atoms with E-state index in [-0.39, 0.29) is 11.8 Å². The Labute approximate surface area is 155 Å². The molecule has 1 N–H and O–H groups in total. The number of aromatic nitrogens is 2. The van der Waals surface area contributed by atoms with Gasteiger partial charge < -0.3 is 10.2 Å². The van der Waals surface area contributed by atoms with Crippen LogP contribution in [0.1, 0.15) is 66.9 Å². The second-order valence-corrected chi connectivity index (χ2v) is 8.45. The largest absolute Gasteiger partial charge is 0.347 e. The van der Waals surface area contributed by atoms with Crippen molar-refractivity contribution in [2.45, 2.75) is 52.0 Å². The van der Waals surface area contributed by atoms with Gasteiger partial charge in [0.2, 0.25) is 0 Å². The zero-order valence-electron chi connectivity index (χ0n) is 16.1. The highest BCUT2D eigenvalue weighted by Gasteiger charge is 2.48. The number of carbonyl (C=O) groups excluding carboxylic acids is 2. The Kier molecular flexibility index (Phi) is 4.53. The smallest absolute Gasteiger partial charge is 0.274 e. The van der Waals surface area contributed by atoms with Crippen LogP contribution in [0.15, 0.2) is 6.07 Å². The van der Waals surface area contributed by atoms with Gasteiger partial charge >= 0.3 is 0 Å². The van der Waals surface area contributed by atoms with Gasteiger partial charge in [0.15, 0.2) is 5.69 Å². The number of amides is 2. The van der Waals surface area contributed by atoms with Crippen LogP contribution in [0.4, 0.5) is 0 Å². The number of rotatable bonds is 5. The quantitative estimate of drug-likeness (QED) is 0.879. The summed E-state index contributed by atoms with van der Waals surface area (Å²) < 4.78 is 1.54. The summed E-state index contributed by atoms with van der Waals surface area (Å²) in [5, 5.41) is 7.60. The highest BCUT2D eigenvalue weighted by molar-refractivity contribution is 5.98. The Morgan fingerprint density at radius 1 is 1.12 bits per heavy atom. The first-order valence-electron chi connectivity index (χ1n) is 10.1. The summed E-state index contributed by atoms with van der Waals surface area (Å²) in [7, 11) is 1.74. The first-order valence-corrected chi connectivity index (χ1v) is 10.1. The molecule has 0 saturated heterocycles. The predicted molar refractivity (Wildman–Crippen MR) is 98.8 cm³/mol. The molecule has 1 aromatic heterocycles. The maximum Gasteiger partial charge on any atom is 0.274 e.